The second kappa shape index (κ2) is 8.54. The molecule has 2 N–H and O–H groups in total. The lowest BCUT2D eigenvalue weighted by molar-refractivity contribution is -0.147. The smallest absolute Gasteiger partial charge is 0.325 e. The number of hydrogen-bond acceptors (Lipinski definition) is 4. The number of nitrogens with one attached hydrogen (secondary N) is 2. The van der Waals surface area contributed by atoms with Crippen molar-refractivity contribution >= 4 is 11.9 Å². The average molecular weight is 304 g/mol. The summed E-state index contributed by atoms with van der Waals surface area (Å²) in [6, 6.07) is 8.45. The average Bonchev–Trinajstić information content (AvgIpc) is 2.57. The Balaban J connectivity index is 1.96. The normalized spacial score (nSPS) is 16.8. The zero-order valence-electron chi connectivity index (χ0n) is 13.0. The van der Waals surface area contributed by atoms with E-state index >= 15 is 0 Å². The van der Waals surface area contributed by atoms with Gasteiger partial charge < -0.3 is 4.74 Å². The molecule has 0 aliphatic heterocycles. The number of carbonyl (C=O) groups is 2. The minimum absolute atomic E-state index is 0.212. The van der Waals surface area contributed by atoms with Crippen LogP contribution >= 0.6 is 0 Å². The molecule has 1 fully saturated rings. The van der Waals surface area contributed by atoms with Crippen LogP contribution in [0, 0.1) is 5.92 Å². The van der Waals surface area contributed by atoms with Crippen molar-refractivity contribution in [3.05, 3.63) is 35.9 Å². The fourth-order valence-electron chi connectivity index (χ4n) is 2.87. The molecule has 0 unspecified atom stereocenters. The van der Waals surface area contributed by atoms with Gasteiger partial charge >= 0.3 is 5.97 Å². The van der Waals surface area contributed by atoms with E-state index < -0.39 is 6.04 Å². The Bertz CT molecular complexity index is 484. The molecule has 0 radical (unpaired) electrons. The summed E-state index contributed by atoms with van der Waals surface area (Å²) in [5, 5.41) is 0. The molecule has 1 aromatic rings. The van der Waals surface area contributed by atoms with E-state index in [4.69, 9.17) is 4.74 Å². The number of hydrogen-bond donors (Lipinski definition) is 2. The van der Waals surface area contributed by atoms with Crippen molar-refractivity contribution in [2.75, 3.05) is 6.61 Å². The summed E-state index contributed by atoms with van der Waals surface area (Å²) in [5.74, 6) is -0.322. The molecule has 0 spiro atoms. The first-order chi connectivity index (χ1) is 10.7. The Morgan fingerprint density at radius 1 is 1.18 bits per heavy atom. The first-order valence-corrected chi connectivity index (χ1v) is 8.00. The number of hydrazine groups is 1. The van der Waals surface area contributed by atoms with Crippen LogP contribution in [0.25, 0.3) is 0 Å². The first-order valence-electron chi connectivity index (χ1n) is 8.00. The Morgan fingerprint density at radius 2 is 1.86 bits per heavy atom. The van der Waals surface area contributed by atoms with Crippen LogP contribution < -0.4 is 10.9 Å². The predicted molar refractivity (Wildman–Crippen MR) is 84.0 cm³/mol. The largest absolute Gasteiger partial charge is 0.465 e. The molecule has 1 aliphatic rings. The lowest BCUT2D eigenvalue weighted by Crippen LogP contribution is -2.52. The molecule has 1 atom stereocenters. The molecule has 5 nitrogen and oxygen atoms in total. The summed E-state index contributed by atoms with van der Waals surface area (Å²) >= 11 is 0. The summed E-state index contributed by atoms with van der Waals surface area (Å²) < 4.78 is 5.14. The maximum absolute atomic E-state index is 12.2. The number of rotatable bonds is 6. The summed E-state index contributed by atoms with van der Waals surface area (Å²) in [6.45, 7) is 2.13. The molecule has 2 rings (SSSR count). The van der Waals surface area contributed by atoms with Crippen molar-refractivity contribution in [2.24, 2.45) is 5.92 Å². The van der Waals surface area contributed by atoms with E-state index in [1.165, 1.54) is 6.42 Å². The molecule has 0 aromatic heterocycles. The monoisotopic (exact) mass is 304 g/mol. The van der Waals surface area contributed by atoms with E-state index in [0.717, 1.165) is 25.7 Å². The van der Waals surface area contributed by atoms with Crippen LogP contribution in [0.1, 0.15) is 49.4 Å². The fraction of sp³-hybridized carbons (Fsp3) is 0.529. The summed E-state index contributed by atoms with van der Waals surface area (Å²) in [6.07, 6.45) is 5.42. The van der Waals surface area contributed by atoms with Gasteiger partial charge in [0.15, 0.2) is 0 Å². The zero-order valence-corrected chi connectivity index (χ0v) is 13.0. The maximum Gasteiger partial charge on any atom is 0.325 e. The second-order valence-corrected chi connectivity index (χ2v) is 5.59. The van der Waals surface area contributed by atoms with Crippen molar-refractivity contribution in [1.29, 1.82) is 0 Å². The highest BCUT2D eigenvalue weighted by atomic mass is 16.5. The van der Waals surface area contributed by atoms with E-state index in [0.29, 0.717) is 12.2 Å². The number of ether oxygens (including phenoxy) is 1. The third kappa shape index (κ3) is 4.56. The third-order valence-corrected chi connectivity index (χ3v) is 4.04. The quantitative estimate of drug-likeness (QED) is 0.626. The van der Waals surface area contributed by atoms with Crippen molar-refractivity contribution < 1.29 is 14.3 Å². The summed E-state index contributed by atoms with van der Waals surface area (Å²) in [4.78, 5) is 24.2. The van der Waals surface area contributed by atoms with Gasteiger partial charge in [-0.15, -0.1) is 0 Å². The lowest BCUT2D eigenvalue weighted by atomic mass is 9.84. The highest BCUT2D eigenvalue weighted by molar-refractivity contribution is 5.94. The van der Waals surface area contributed by atoms with Gasteiger partial charge in [0.1, 0.15) is 6.04 Å². The fourth-order valence-corrected chi connectivity index (χ4v) is 2.87. The van der Waals surface area contributed by atoms with E-state index in [-0.39, 0.29) is 17.8 Å². The molecule has 5 heteroatoms. The zero-order chi connectivity index (χ0) is 15.8. The van der Waals surface area contributed by atoms with Gasteiger partial charge in [0, 0.05) is 5.56 Å². The van der Waals surface area contributed by atoms with Gasteiger partial charge in [-0.05, 0) is 37.8 Å². The molecular weight excluding hydrogens is 280 g/mol. The molecular formula is C17H24N2O3. The van der Waals surface area contributed by atoms with Gasteiger partial charge in [0.25, 0.3) is 5.91 Å². The summed E-state index contributed by atoms with van der Waals surface area (Å²) in [5.41, 5.74) is 6.10. The molecule has 1 aliphatic carbocycles. The SMILES string of the molecule is CCOC(=O)[C@@H](NNC(=O)c1ccccc1)C1CCCCC1. The van der Waals surface area contributed by atoms with Crippen LogP contribution in [0.5, 0.6) is 0 Å². The molecule has 120 valence electrons. The van der Waals surface area contributed by atoms with E-state index in [2.05, 4.69) is 10.9 Å². The Labute approximate surface area is 131 Å². The van der Waals surface area contributed by atoms with Gasteiger partial charge in [-0.3, -0.25) is 15.0 Å². The summed E-state index contributed by atoms with van der Waals surface area (Å²) in [7, 11) is 0. The number of amides is 1. The molecule has 0 saturated heterocycles. The lowest BCUT2D eigenvalue weighted by Gasteiger charge is -2.29. The van der Waals surface area contributed by atoms with Crippen LogP contribution in [0.15, 0.2) is 30.3 Å². The Morgan fingerprint density at radius 3 is 2.50 bits per heavy atom. The van der Waals surface area contributed by atoms with Crippen LogP contribution in [0.4, 0.5) is 0 Å². The molecule has 1 saturated carbocycles. The van der Waals surface area contributed by atoms with Crippen molar-refractivity contribution in [2.45, 2.75) is 45.1 Å². The van der Waals surface area contributed by atoms with E-state index in [9.17, 15) is 9.59 Å². The highest BCUT2D eigenvalue weighted by Crippen LogP contribution is 2.26. The topological polar surface area (TPSA) is 67.4 Å². The molecule has 1 aromatic carbocycles. The van der Waals surface area contributed by atoms with Gasteiger partial charge in [-0.1, -0.05) is 37.5 Å². The first kappa shape index (κ1) is 16.5. The minimum atomic E-state index is -0.479. The van der Waals surface area contributed by atoms with E-state index in [1.54, 1.807) is 31.2 Å². The van der Waals surface area contributed by atoms with Crippen LogP contribution in [0.2, 0.25) is 0 Å². The predicted octanol–water partition coefficient (Wildman–Crippen LogP) is 2.43. The standard InChI is InChI=1S/C17H24N2O3/c1-2-22-17(21)15(13-9-5-3-6-10-13)18-19-16(20)14-11-7-4-8-12-14/h4,7-8,11-13,15,18H,2-3,5-6,9-10H2,1H3,(H,19,20)/t15-/m0/s1. The second-order valence-electron chi connectivity index (χ2n) is 5.59. The maximum atomic E-state index is 12.2. The minimum Gasteiger partial charge on any atom is -0.465 e. The number of esters is 1. The Hall–Kier alpha value is -1.88. The molecule has 22 heavy (non-hydrogen) atoms. The van der Waals surface area contributed by atoms with Crippen molar-refractivity contribution in [3.63, 3.8) is 0 Å². The van der Waals surface area contributed by atoms with Crippen LogP contribution in [-0.4, -0.2) is 24.5 Å². The van der Waals surface area contributed by atoms with Crippen molar-refractivity contribution in [1.82, 2.24) is 10.9 Å². The number of benzene rings is 1. The van der Waals surface area contributed by atoms with Gasteiger partial charge in [0.2, 0.25) is 0 Å². The van der Waals surface area contributed by atoms with Gasteiger partial charge in [0.05, 0.1) is 6.61 Å². The highest BCUT2D eigenvalue weighted by Gasteiger charge is 2.30. The molecule has 0 heterocycles. The third-order valence-electron chi connectivity index (χ3n) is 4.04. The van der Waals surface area contributed by atoms with Gasteiger partial charge in [-0.25, -0.2) is 5.43 Å². The van der Waals surface area contributed by atoms with Crippen molar-refractivity contribution in [3.8, 4) is 0 Å². The van der Waals surface area contributed by atoms with Crippen LogP contribution in [-0.2, 0) is 9.53 Å². The molecule has 1 amide bonds. The Kier molecular flexibility index (Phi) is 6.40. The van der Waals surface area contributed by atoms with Gasteiger partial charge in [-0.2, -0.15) is 0 Å². The number of carbonyl (C=O) groups excluding carboxylic acids is 2. The van der Waals surface area contributed by atoms with Crippen LogP contribution in [0.3, 0.4) is 0 Å². The molecule has 0 bridgehead atoms. The van der Waals surface area contributed by atoms with E-state index in [1.807, 2.05) is 6.07 Å².